The SMILES string of the molecule is CC(=O)C=CCCCCI. The molecule has 0 saturated heterocycles. The van der Waals surface area contributed by atoms with Crippen LogP contribution in [0.25, 0.3) is 0 Å². The van der Waals surface area contributed by atoms with E-state index in [0.717, 1.165) is 6.42 Å². The highest BCUT2D eigenvalue weighted by Crippen LogP contribution is 1.99. The van der Waals surface area contributed by atoms with Gasteiger partial charge in [0.2, 0.25) is 0 Å². The van der Waals surface area contributed by atoms with Crippen molar-refractivity contribution in [3.63, 3.8) is 0 Å². The van der Waals surface area contributed by atoms with Crippen LogP contribution < -0.4 is 0 Å². The smallest absolute Gasteiger partial charge is 0.152 e. The molecule has 2 heteroatoms. The van der Waals surface area contributed by atoms with Crippen molar-refractivity contribution < 1.29 is 4.79 Å². The molecule has 0 atom stereocenters. The van der Waals surface area contributed by atoms with Gasteiger partial charge >= 0.3 is 0 Å². The van der Waals surface area contributed by atoms with Crippen LogP contribution in [-0.4, -0.2) is 10.2 Å². The monoisotopic (exact) mass is 252 g/mol. The topological polar surface area (TPSA) is 17.1 Å². The molecule has 0 aromatic rings. The van der Waals surface area contributed by atoms with E-state index in [2.05, 4.69) is 22.6 Å². The first-order chi connectivity index (χ1) is 4.77. The zero-order chi connectivity index (χ0) is 7.82. The number of unbranched alkanes of at least 4 members (excludes halogenated alkanes) is 2. The Balaban J connectivity index is 3.10. The van der Waals surface area contributed by atoms with E-state index in [1.54, 1.807) is 13.0 Å². The Morgan fingerprint density at radius 3 is 2.70 bits per heavy atom. The van der Waals surface area contributed by atoms with Gasteiger partial charge in [0.05, 0.1) is 0 Å². The number of ketones is 1. The molecule has 0 bridgehead atoms. The largest absolute Gasteiger partial charge is 0.295 e. The van der Waals surface area contributed by atoms with Crippen LogP contribution in [-0.2, 0) is 4.79 Å². The van der Waals surface area contributed by atoms with Gasteiger partial charge in [0.25, 0.3) is 0 Å². The Morgan fingerprint density at radius 2 is 2.20 bits per heavy atom. The van der Waals surface area contributed by atoms with Crippen molar-refractivity contribution in [2.75, 3.05) is 4.43 Å². The van der Waals surface area contributed by atoms with E-state index < -0.39 is 0 Å². The number of hydrogen-bond acceptors (Lipinski definition) is 1. The lowest BCUT2D eigenvalue weighted by atomic mass is 10.2. The van der Waals surface area contributed by atoms with E-state index in [4.69, 9.17) is 0 Å². The second kappa shape index (κ2) is 7.25. The molecule has 0 aromatic heterocycles. The van der Waals surface area contributed by atoms with Gasteiger partial charge in [-0.15, -0.1) is 0 Å². The molecule has 10 heavy (non-hydrogen) atoms. The van der Waals surface area contributed by atoms with E-state index in [9.17, 15) is 4.79 Å². The number of allylic oxidation sites excluding steroid dienone is 2. The molecule has 0 N–H and O–H groups in total. The number of carbonyl (C=O) groups excluding carboxylic acids is 1. The van der Waals surface area contributed by atoms with E-state index in [0.29, 0.717) is 0 Å². The zero-order valence-electron chi connectivity index (χ0n) is 6.27. The van der Waals surface area contributed by atoms with Crippen LogP contribution in [0.4, 0.5) is 0 Å². The van der Waals surface area contributed by atoms with Crippen molar-refractivity contribution >= 4 is 28.4 Å². The molecule has 0 saturated carbocycles. The van der Waals surface area contributed by atoms with Gasteiger partial charge in [-0.2, -0.15) is 0 Å². The summed E-state index contributed by atoms with van der Waals surface area (Å²) in [6, 6.07) is 0. The first-order valence-corrected chi connectivity index (χ1v) is 5.03. The molecule has 0 unspecified atom stereocenters. The molecule has 0 aliphatic rings. The van der Waals surface area contributed by atoms with Gasteiger partial charge < -0.3 is 0 Å². The van der Waals surface area contributed by atoms with Gasteiger partial charge in [0.1, 0.15) is 0 Å². The summed E-state index contributed by atoms with van der Waals surface area (Å²) in [4.78, 5) is 10.4. The first-order valence-electron chi connectivity index (χ1n) is 3.50. The molecule has 0 aromatic carbocycles. The van der Waals surface area contributed by atoms with Crippen molar-refractivity contribution in [2.45, 2.75) is 26.2 Å². The molecule has 0 rings (SSSR count). The Labute approximate surface area is 76.0 Å². The summed E-state index contributed by atoms with van der Waals surface area (Å²) in [5, 5.41) is 0. The van der Waals surface area contributed by atoms with Crippen molar-refractivity contribution in [2.24, 2.45) is 0 Å². The predicted octanol–water partition coefficient (Wildman–Crippen LogP) is 2.74. The Bertz CT molecular complexity index is 118. The van der Waals surface area contributed by atoms with Crippen molar-refractivity contribution in [3.8, 4) is 0 Å². The quantitative estimate of drug-likeness (QED) is 0.318. The van der Waals surface area contributed by atoms with Gasteiger partial charge in [-0.1, -0.05) is 28.7 Å². The molecule has 0 amide bonds. The third-order valence-corrected chi connectivity index (χ3v) is 1.87. The third-order valence-electron chi connectivity index (χ3n) is 1.11. The minimum atomic E-state index is 0.148. The highest BCUT2D eigenvalue weighted by molar-refractivity contribution is 14.1. The molecule has 0 aliphatic heterocycles. The van der Waals surface area contributed by atoms with E-state index in [1.165, 1.54) is 17.3 Å². The van der Waals surface area contributed by atoms with Crippen LogP contribution in [0.3, 0.4) is 0 Å². The molecular formula is C8H13IO. The van der Waals surface area contributed by atoms with Crippen molar-refractivity contribution in [1.29, 1.82) is 0 Å². The average Bonchev–Trinajstić information content (AvgIpc) is 1.87. The van der Waals surface area contributed by atoms with E-state index >= 15 is 0 Å². The minimum Gasteiger partial charge on any atom is -0.295 e. The highest BCUT2D eigenvalue weighted by Gasteiger charge is 1.83. The number of hydrogen-bond donors (Lipinski definition) is 0. The van der Waals surface area contributed by atoms with Crippen LogP contribution in [0, 0.1) is 0 Å². The van der Waals surface area contributed by atoms with Crippen molar-refractivity contribution in [3.05, 3.63) is 12.2 Å². The maximum absolute atomic E-state index is 10.4. The average molecular weight is 252 g/mol. The summed E-state index contributed by atoms with van der Waals surface area (Å²) in [7, 11) is 0. The second-order valence-corrected chi connectivity index (χ2v) is 3.28. The van der Waals surface area contributed by atoms with Crippen LogP contribution in [0.1, 0.15) is 26.2 Å². The molecule has 0 spiro atoms. The van der Waals surface area contributed by atoms with Crippen LogP contribution >= 0.6 is 22.6 Å². The molecule has 0 aliphatic carbocycles. The fraction of sp³-hybridized carbons (Fsp3) is 0.625. The molecule has 0 radical (unpaired) electrons. The lowest BCUT2D eigenvalue weighted by molar-refractivity contribution is -0.112. The highest BCUT2D eigenvalue weighted by atomic mass is 127. The van der Waals surface area contributed by atoms with E-state index in [1.807, 2.05) is 6.08 Å². The lowest BCUT2D eigenvalue weighted by Gasteiger charge is -1.88. The molecular weight excluding hydrogens is 239 g/mol. The molecule has 0 fully saturated rings. The van der Waals surface area contributed by atoms with Gasteiger partial charge in [0, 0.05) is 0 Å². The third kappa shape index (κ3) is 8.14. The molecule has 1 nitrogen and oxygen atoms in total. The standard InChI is InChI=1S/C8H13IO/c1-8(10)6-4-2-3-5-7-9/h4,6H,2-3,5,7H2,1H3. The number of carbonyl (C=O) groups is 1. The fourth-order valence-electron chi connectivity index (χ4n) is 0.606. The summed E-state index contributed by atoms with van der Waals surface area (Å²) in [5.41, 5.74) is 0. The van der Waals surface area contributed by atoms with Gasteiger partial charge in [-0.05, 0) is 36.7 Å². The fourth-order valence-corrected chi connectivity index (χ4v) is 1.15. The van der Waals surface area contributed by atoms with E-state index in [-0.39, 0.29) is 5.78 Å². The minimum absolute atomic E-state index is 0.148. The first kappa shape index (κ1) is 10.1. The Kier molecular flexibility index (Phi) is 7.35. The summed E-state index contributed by atoms with van der Waals surface area (Å²) >= 11 is 2.36. The summed E-state index contributed by atoms with van der Waals surface area (Å²) in [6.45, 7) is 1.58. The number of rotatable bonds is 5. The molecule has 0 heterocycles. The summed E-state index contributed by atoms with van der Waals surface area (Å²) < 4.78 is 1.21. The molecule has 58 valence electrons. The zero-order valence-corrected chi connectivity index (χ0v) is 8.43. The second-order valence-electron chi connectivity index (χ2n) is 2.20. The van der Waals surface area contributed by atoms with Crippen molar-refractivity contribution in [1.82, 2.24) is 0 Å². The summed E-state index contributed by atoms with van der Waals surface area (Å²) in [5.74, 6) is 0.148. The van der Waals surface area contributed by atoms with Crippen LogP contribution in [0.15, 0.2) is 12.2 Å². The normalized spacial score (nSPS) is 10.6. The predicted molar refractivity (Wildman–Crippen MR) is 52.6 cm³/mol. The van der Waals surface area contributed by atoms with Crippen LogP contribution in [0.5, 0.6) is 0 Å². The maximum atomic E-state index is 10.4. The van der Waals surface area contributed by atoms with Gasteiger partial charge in [0.15, 0.2) is 5.78 Å². The maximum Gasteiger partial charge on any atom is 0.152 e. The summed E-state index contributed by atoms with van der Waals surface area (Å²) in [6.07, 6.45) is 7.10. The number of alkyl halides is 1. The Hall–Kier alpha value is 0.140. The van der Waals surface area contributed by atoms with Gasteiger partial charge in [-0.3, -0.25) is 4.79 Å². The van der Waals surface area contributed by atoms with Gasteiger partial charge in [-0.25, -0.2) is 0 Å². The Morgan fingerprint density at radius 1 is 1.50 bits per heavy atom. The lowest BCUT2D eigenvalue weighted by Crippen LogP contribution is -1.80. The van der Waals surface area contributed by atoms with Crippen LogP contribution in [0.2, 0.25) is 0 Å². The number of halogens is 1.